The molecular weight excluding hydrogens is 131 g/mol. The molecule has 0 aromatic rings. The number of hydrogen-bond acceptors (Lipinski definition) is 0. The Morgan fingerprint density at radius 3 is 2.00 bits per heavy atom. The molecule has 0 radical (unpaired) electrons. The van der Waals surface area contributed by atoms with E-state index in [-0.39, 0.29) is 0 Å². The van der Waals surface area contributed by atoms with Crippen LogP contribution in [0.2, 0.25) is 5.82 Å². The van der Waals surface area contributed by atoms with Crippen LogP contribution < -0.4 is 0 Å². The molecule has 0 spiro atoms. The van der Waals surface area contributed by atoms with Crippen molar-refractivity contribution in [2.24, 2.45) is 0 Å². The lowest BCUT2D eigenvalue weighted by atomic mass is 9.79. The third-order valence-corrected chi connectivity index (χ3v) is 2.35. The summed E-state index contributed by atoms with van der Waals surface area (Å²) >= 11 is 0. The van der Waals surface area contributed by atoms with Gasteiger partial charge < -0.3 is 0 Å². The maximum atomic E-state index is 2.39. The van der Waals surface area contributed by atoms with Crippen molar-refractivity contribution in [3.63, 3.8) is 0 Å². The minimum Gasteiger partial charge on any atom is -0.0697 e. The predicted octanol–water partition coefficient (Wildman–Crippen LogP) is 3.18. The van der Waals surface area contributed by atoms with Crippen LogP contribution in [-0.4, -0.2) is 7.85 Å². The first-order chi connectivity index (χ1) is 5.31. The first-order valence-corrected chi connectivity index (χ1v) is 5.31. The summed E-state index contributed by atoms with van der Waals surface area (Å²) in [5.74, 6) is 0.974. The van der Waals surface area contributed by atoms with E-state index < -0.39 is 0 Å². The highest BCUT2D eigenvalue weighted by Gasteiger charge is 1.99. The minimum atomic E-state index is 0.974. The Labute approximate surface area is 73.2 Å². The topological polar surface area (TPSA) is 0 Å². The van der Waals surface area contributed by atoms with Gasteiger partial charge in [0.15, 0.2) is 0 Å². The molecule has 1 atom stereocenters. The van der Waals surface area contributed by atoms with Gasteiger partial charge in [-0.2, -0.15) is 0 Å². The zero-order valence-corrected chi connectivity index (χ0v) is 8.53. The van der Waals surface area contributed by atoms with Crippen LogP contribution in [0.15, 0.2) is 0 Å². The Morgan fingerprint density at radius 1 is 0.909 bits per heavy atom. The molecule has 0 saturated heterocycles. The highest BCUT2D eigenvalue weighted by molar-refractivity contribution is 6.11. The van der Waals surface area contributed by atoms with Gasteiger partial charge in [-0.3, -0.25) is 0 Å². The van der Waals surface area contributed by atoms with Crippen molar-refractivity contribution in [1.82, 2.24) is 0 Å². The van der Waals surface area contributed by atoms with E-state index in [1.54, 1.807) is 0 Å². The number of hydrogen-bond donors (Lipinski definition) is 0. The lowest BCUT2D eigenvalue weighted by Gasteiger charge is -2.08. The van der Waals surface area contributed by atoms with E-state index in [1.165, 1.54) is 44.9 Å². The van der Waals surface area contributed by atoms with Crippen molar-refractivity contribution in [1.29, 1.82) is 0 Å². The van der Waals surface area contributed by atoms with Gasteiger partial charge in [0.2, 0.25) is 0 Å². The second-order valence-corrected chi connectivity index (χ2v) is 3.74. The summed E-state index contributed by atoms with van der Waals surface area (Å²) in [4.78, 5) is 0. The molecule has 0 aliphatic heterocycles. The molecule has 0 aliphatic rings. The maximum Gasteiger partial charge on any atom is 0.105 e. The summed E-state index contributed by atoms with van der Waals surface area (Å²) < 4.78 is 0. The van der Waals surface area contributed by atoms with Gasteiger partial charge in [0, 0.05) is 0 Å². The monoisotopic (exact) mass is 154 g/mol. The standard InChI is InChI=1S/C10H23B/c1-3-5-7-9-10(11)8-6-4-2/h10H,3-9,11H2,1-2H3. The fourth-order valence-corrected chi connectivity index (χ4v) is 1.44. The summed E-state index contributed by atoms with van der Waals surface area (Å²) in [7, 11) is 2.39. The van der Waals surface area contributed by atoms with Crippen LogP contribution in [0.3, 0.4) is 0 Å². The van der Waals surface area contributed by atoms with E-state index in [2.05, 4.69) is 21.7 Å². The van der Waals surface area contributed by atoms with Crippen molar-refractivity contribution < 1.29 is 0 Å². The third-order valence-electron chi connectivity index (χ3n) is 2.35. The van der Waals surface area contributed by atoms with E-state index in [0.717, 1.165) is 5.82 Å². The molecule has 0 aromatic carbocycles. The number of rotatable bonds is 7. The van der Waals surface area contributed by atoms with Gasteiger partial charge in [-0.25, -0.2) is 0 Å². The van der Waals surface area contributed by atoms with Crippen molar-refractivity contribution in [2.45, 2.75) is 64.6 Å². The fourth-order valence-electron chi connectivity index (χ4n) is 1.44. The van der Waals surface area contributed by atoms with Crippen LogP contribution in [0.5, 0.6) is 0 Å². The Balaban J connectivity index is 3.02. The molecule has 1 unspecified atom stereocenters. The highest BCUT2D eigenvalue weighted by atomic mass is 14.0. The maximum absolute atomic E-state index is 2.39. The predicted molar refractivity (Wildman–Crippen MR) is 56.0 cm³/mol. The van der Waals surface area contributed by atoms with Crippen LogP contribution in [0, 0.1) is 0 Å². The van der Waals surface area contributed by atoms with Crippen molar-refractivity contribution >= 4 is 7.85 Å². The molecule has 0 saturated carbocycles. The summed E-state index contributed by atoms with van der Waals surface area (Å²) in [5, 5.41) is 0. The molecule has 0 aromatic heterocycles. The quantitative estimate of drug-likeness (QED) is 0.390. The first-order valence-electron chi connectivity index (χ1n) is 5.31. The molecule has 0 amide bonds. The lowest BCUT2D eigenvalue weighted by Crippen LogP contribution is -1.92. The molecule has 0 bridgehead atoms. The second-order valence-electron chi connectivity index (χ2n) is 3.74. The van der Waals surface area contributed by atoms with Crippen molar-refractivity contribution in [2.75, 3.05) is 0 Å². The molecule has 0 fully saturated rings. The van der Waals surface area contributed by atoms with Gasteiger partial charge in [0.1, 0.15) is 7.85 Å². The summed E-state index contributed by atoms with van der Waals surface area (Å²) in [5.41, 5.74) is 0. The lowest BCUT2D eigenvalue weighted by molar-refractivity contribution is 0.584. The molecule has 0 heterocycles. The molecule has 1 heteroatoms. The zero-order valence-electron chi connectivity index (χ0n) is 8.53. The van der Waals surface area contributed by atoms with Crippen molar-refractivity contribution in [3.8, 4) is 0 Å². The van der Waals surface area contributed by atoms with Crippen LogP contribution in [0.4, 0.5) is 0 Å². The summed E-state index contributed by atoms with van der Waals surface area (Å²) in [6.45, 7) is 4.55. The number of unbranched alkanes of at least 4 members (excludes halogenated alkanes) is 3. The summed E-state index contributed by atoms with van der Waals surface area (Å²) in [6.07, 6.45) is 9.91. The largest absolute Gasteiger partial charge is 0.105 e. The SMILES string of the molecule is BC(CCCC)CCCCC. The average Bonchev–Trinajstić information content (AvgIpc) is 2.01. The molecule has 0 N–H and O–H groups in total. The fraction of sp³-hybridized carbons (Fsp3) is 1.00. The van der Waals surface area contributed by atoms with Gasteiger partial charge in [0.05, 0.1) is 0 Å². The molecule has 0 aliphatic carbocycles. The third kappa shape index (κ3) is 7.97. The normalized spacial score (nSPS) is 13.3. The highest BCUT2D eigenvalue weighted by Crippen LogP contribution is 2.18. The van der Waals surface area contributed by atoms with Gasteiger partial charge in [-0.05, 0) is 0 Å². The Hall–Kier alpha value is 0.0649. The van der Waals surface area contributed by atoms with E-state index in [1.807, 2.05) is 0 Å². The van der Waals surface area contributed by atoms with Crippen LogP contribution in [-0.2, 0) is 0 Å². The molecule has 66 valence electrons. The zero-order chi connectivity index (χ0) is 8.53. The van der Waals surface area contributed by atoms with Gasteiger partial charge >= 0.3 is 0 Å². The second kappa shape index (κ2) is 8.16. The van der Waals surface area contributed by atoms with Crippen LogP contribution in [0.25, 0.3) is 0 Å². The van der Waals surface area contributed by atoms with Gasteiger partial charge in [-0.1, -0.05) is 64.6 Å². The van der Waals surface area contributed by atoms with E-state index in [0.29, 0.717) is 0 Å². The van der Waals surface area contributed by atoms with E-state index in [9.17, 15) is 0 Å². The molecular formula is C10H23B. The van der Waals surface area contributed by atoms with Gasteiger partial charge in [-0.15, -0.1) is 0 Å². The smallest absolute Gasteiger partial charge is 0.0697 e. The molecule has 0 nitrogen and oxygen atoms in total. The van der Waals surface area contributed by atoms with E-state index >= 15 is 0 Å². The minimum absolute atomic E-state index is 0.974. The van der Waals surface area contributed by atoms with Gasteiger partial charge in [0.25, 0.3) is 0 Å². The Kier molecular flexibility index (Phi) is 8.21. The molecule has 11 heavy (non-hydrogen) atoms. The first kappa shape index (κ1) is 11.1. The summed E-state index contributed by atoms with van der Waals surface area (Å²) in [6, 6.07) is 0. The van der Waals surface area contributed by atoms with E-state index in [4.69, 9.17) is 0 Å². The molecule has 0 rings (SSSR count). The average molecular weight is 154 g/mol. The van der Waals surface area contributed by atoms with Crippen LogP contribution >= 0.6 is 0 Å². The van der Waals surface area contributed by atoms with Crippen molar-refractivity contribution in [3.05, 3.63) is 0 Å². The Morgan fingerprint density at radius 2 is 1.45 bits per heavy atom. The Bertz CT molecular complexity index is 71.3. The van der Waals surface area contributed by atoms with Crippen LogP contribution in [0.1, 0.15) is 58.8 Å².